The molecule has 7 nitrogen and oxygen atoms in total. The van der Waals surface area contributed by atoms with Gasteiger partial charge in [0.05, 0.1) is 5.92 Å². The molecular weight excluding hydrogens is 358 g/mol. The Morgan fingerprint density at radius 2 is 2.00 bits per heavy atom. The van der Waals surface area contributed by atoms with Crippen LogP contribution < -0.4 is 0 Å². The molecule has 1 aliphatic heterocycles. The average Bonchev–Trinajstić information content (AvgIpc) is 3.47. The fraction of sp³-hybridized carbons (Fsp3) is 0.524. The molecule has 0 unspecified atom stereocenters. The fourth-order valence-electron chi connectivity index (χ4n) is 4.03. The maximum absolute atomic E-state index is 12.4. The van der Waals surface area contributed by atoms with E-state index in [1.54, 1.807) is 0 Å². The minimum Gasteiger partial charge on any atom is -0.455 e. The Morgan fingerprint density at radius 3 is 2.71 bits per heavy atom. The number of esters is 1. The van der Waals surface area contributed by atoms with E-state index < -0.39 is 5.92 Å². The number of carbonyl (C=O) groups is 2. The number of hydrogen-bond acceptors (Lipinski definition) is 6. The first-order valence-corrected chi connectivity index (χ1v) is 10.0. The van der Waals surface area contributed by atoms with Crippen LogP contribution in [-0.4, -0.2) is 39.5 Å². The van der Waals surface area contributed by atoms with Gasteiger partial charge in [0, 0.05) is 24.6 Å². The highest BCUT2D eigenvalue weighted by Crippen LogP contribution is 2.30. The van der Waals surface area contributed by atoms with Crippen LogP contribution in [0.15, 0.2) is 28.8 Å². The summed E-state index contributed by atoms with van der Waals surface area (Å²) in [5.41, 5.74) is 2.09. The third-order valence-corrected chi connectivity index (χ3v) is 5.68. The summed E-state index contributed by atoms with van der Waals surface area (Å²) in [7, 11) is 0. The monoisotopic (exact) mass is 383 g/mol. The summed E-state index contributed by atoms with van der Waals surface area (Å²) in [5.74, 6) is -0.000487. The predicted molar refractivity (Wildman–Crippen MR) is 101 cm³/mol. The molecule has 2 aromatic rings. The van der Waals surface area contributed by atoms with Crippen molar-refractivity contribution in [2.45, 2.75) is 58.1 Å². The molecule has 1 atom stereocenters. The molecule has 148 valence electrons. The molecule has 4 rings (SSSR count). The number of ether oxygens (including phenoxy) is 1. The molecule has 1 aromatic carbocycles. The number of amides is 1. The van der Waals surface area contributed by atoms with E-state index in [0.29, 0.717) is 18.4 Å². The van der Waals surface area contributed by atoms with Gasteiger partial charge in [-0.05, 0) is 24.8 Å². The minimum absolute atomic E-state index is 0.0597. The van der Waals surface area contributed by atoms with Gasteiger partial charge in [0.2, 0.25) is 11.7 Å². The van der Waals surface area contributed by atoms with Gasteiger partial charge in [-0.15, -0.1) is 0 Å². The van der Waals surface area contributed by atoms with Crippen molar-refractivity contribution in [1.82, 2.24) is 15.0 Å². The SMILES string of the molecule is CCc1ccc(-c2noc(COC(=O)[C@@H]3CC(=O)N(C4CCCC4)C3)n2)cc1. The van der Waals surface area contributed by atoms with Crippen molar-refractivity contribution in [3.05, 3.63) is 35.7 Å². The second kappa shape index (κ2) is 8.12. The molecule has 1 aromatic heterocycles. The summed E-state index contributed by atoms with van der Waals surface area (Å²) in [6.45, 7) is 2.48. The summed E-state index contributed by atoms with van der Waals surface area (Å²) in [6.07, 6.45) is 5.59. The zero-order valence-corrected chi connectivity index (χ0v) is 16.1. The smallest absolute Gasteiger partial charge is 0.311 e. The largest absolute Gasteiger partial charge is 0.455 e. The molecule has 28 heavy (non-hydrogen) atoms. The molecule has 2 aliphatic rings. The molecule has 0 N–H and O–H groups in total. The molecule has 1 saturated carbocycles. The van der Waals surface area contributed by atoms with Gasteiger partial charge in [-0.1, -0.05) is 49.2 Å². The number of hydrogen-bond donors (Lipinski definition) is 0. The van der Waals surface area contributed by atoms with Crippen LogP contribution in [0.5, 0.6) is 0 Å². The molecule has 2 fully saturated rings. The van der Waals surface area contributed by atoms with Crippen molar-refractivity contribution in [2.24, 2.45) is 5.92 Å². The third-order valence-electron chi connectivity index (χ3n) is 5.68. The van der Waals surface area contributed by atoms with E-state index in [-0.39, 0.29) is 30.8 Å². The van der Waals surface area contributed by atoms with E-state index in [4.69, 9.17) is 9.26 Å². The van der Waals surface area contributed by atoms with Crippen LogP contribution in [0, 0.1) is 5.92 Å². The predicted octanol–water partition coefficient (Wildman–Crippen LogP) is 3.13. The second-order valence-corrected chi connectivity index (χ2v) is 7.56. The summed E-state index contributed by atoms with van der Waals surface area (Å²) in [6, 6.07) is 8.24. The number of carbonyl (C=O) groups excluding carboxylic acids is 2. The number of rotatable bonds is 6. The quantitative estimate of drug-likeness (QED) is 0.713. The lowest BCUT2D eigenvalue weighted by molar-refractivity contribution is -0.150. The van der Waals surface area contributed by atoms with Gasteiger partial charge in [-0.2, -0.15) is 4.98 Å². The van der Waals surface area contributed by atoms with Crippen molar-refractivity contribution in [2.75, 3.05) is 6.54 Å². The molecule has 1 saturated heterocycles. The summed E-state index contributed by atoms with van der Waals surface area (Å²) >= 11 is 0. The van der Waals surface area contributed by atoms with Crippen LogP contribution in [0.25, 0.3) is 11.4 Å². The van der Waals surface area contributed by atoms with Gasteiger partial charge in [0.1, 0.15) is 0 Å². The first-order valence-electron chi connectivity index (χ1n) is 10.0. The van der Waals surface area contributed by atoms with Crippen molar-refractivity contribution in [3.8, 4) is 11.4 Å². The molecule has 1 aliphatic carbocycles. The van der Waals surface area contributed by atoms with Gasteiger partial charge < -0.3 is 14.2 Å². The van der Waals surface area contributed by atoms with Gasteiger partial charge >= 0.3 is 5.97 Å². The van der Waals surface area contributed by atoms with E-state index in [1.807, 2.05) is 29.2 Å². The van der Waals surface area contributed by atoms with Gasteiger partial charge in [0.15, 0.2) is 6.61 Å². The highest BCUT2D eigenvalue weighted by molar-refractivity contribution is 5.87. The van der Waals surface area contributed by atoms with Crippen molar-refractivity contribution >= 4 is 11.9 Å². The Labute approximate surface area is 164 Å². The van der Waals surface area contributed by atoms with Crippen LogP contribution in [0.1, 0.15) is 50.5 Å². The van der Waals surface area contributed by atoms with Crippen molar-refractivity contribution in [1.29, 1.82) is 0 Å². The average molecular weight is 383 g/mol. The number of aromatic nitrogens is 2. The molecule has 0 bridgehead atoms. The molecule has 2 heterocycles. The molecular formula is C21H25N3O4. The summed E-state index contributed by atoms with van der Waals surface area (Å²) in [5, 5.41) is 3.95. The number of aryl methyl sites for hydroxylation is 1. The molecule has 0 radical (unpaired) electrons. The fourth-order valence-corrected chi connectivity index (χ4v) is 4.03. The Morgan fingerprint density at radius 1 is 1.25 bits per heavy atom. The van der Waals surface area contributed by atoms with E-state index in [2.05, 4.69) is 17.1 Å². The zero-order valence-electron chi connectivity index (χ0n) is 16.1. The first-order chi connectivity index (χ1) is 13.6. The van der Waals surface area contributed by atoms with Crippen LogP contribution in [0.2, 0.25) is 0 Å². The first kappa shape index (κ1) is 18.7. The lowest BCUT2D eigenvalue weighted by Gasteiger charge is -2.23. The lowest BCUT2D eigenvalue weighted by atomic mass is 10.1. The van der Waals surface area contributed by atoms with E-state index in [1.165, 1.54) is 5.56 Å². The Kier molecular flexibility index (Phi) is 5.41. The van der Waals surface area contributed by atoms with Crippen molar-refractivity contribution < 1.29 is 18.8 Å². The second-order valence-electron chi connectivity index (χ2n) is 7.56. The number of nitrogens with zero attached hydrogens (tertiary/aromatic N) is 3. The van der Waals surface area contributed by atoms with Crippen LogP contribution in [-0.2, 0) is 27.4 Å². The van der Waals surface area contributed by atoms with E-state index in [9.17, 15) is 9.59 Å². The summed E-state index contributed by atoms with van der Waals surface area (Å²) < 4.78 is 10.5. The molecule has 7 heteroatoms. The van der Waals surface area contributed by atoms with Crippen LogP contribution >= 0.6 is 0 Å². The van der Waals surface area contributed by atoms with Gasteiger partial charge in [-0.3, -0.25) is 9.59 Å². The number of likely N-dealkylation sites (tertiary alicyclic amines) is 1. The summed E-state index contributed by atoms with van der Waals surface area (Å²) in [4.78, 5) is 30.8. The van der Waals surface area contributed by atoms with Crippen LogP contribution in [0.3, 0.4) is 0 Å². The van der Waals surface area contributed by atoms with Crippen molar-refractivity contribution in [3.63, 3.8) is 0 Å². The molecule has 0 spiro atoms. The maximum atomic E-state index is 12.4. The Hall–Kier alpha value is -2.70. The number of benzene rings is 1. The van der Waals surface area contributed by atoms with Gasteiger partial charge in [0.25, 0.3) is 5.89 Å². The van der Waals surface area contributed by atoms with Gasteiger partial charge in [-0.25, -0.2) is 0 Å². The normalized spacial score (nSPS) is 20.1. The van der Waals surface area contributed by atoms with E-state index in [0.717, 1.165) is 37.7 Å². The molecule has 1 amide bonds. The zero-order chi connectivity index (χ0) is 19.5. The Balaban J connectivity index is 1.31. The lowest BCUT2D eigenvalue weighted by Crippen LogP contribution is -2.35. The minimum atomic E-state index is -0.405. The van der Waals surface area contributed by atoms with E-state index >= 15 is 0 Å². The highest BCUT2D eigenvalue weighted by atomic mass is 16.6. The Bertz CT molecular complexity index is 840. The topological polar surface area (TPSA) is 85.5 Å². The van der Waals surface area contributed by atoms with Crippen LogP contribution in [0.4, 0.5) is 0 Å². The third kappa shape index (κ3) is 3.93. The maximum Gasteiger partial charge on any atom is 0.311 e. The highest BCUT2D eigenvalue weighted by Gasteiger charge is 2.39. The standard InChI is InChI=1S/C21H25N3O4/c1-2-14-7-9-15(10-8-14)20-22-18(28-23-20)13-27-21(26)16-11-19(25)24(12-16)17-5-3-4-6-17/h7-10,16-17H,2-6,11-13H2,1H3/t16-/m1/s1.